The molecule has 1 aliphatic heterocycles. The first-order chi connectivity index (χ1) is 11.8. The van der Waals surface area contributed by atoms with Crippen molar-refractivity contribution in [2.75, 3.05) is 6.61 Å². The molecule has 0 saturated heterocycles. The number of benzene rings is 2. The Balaban J connectivity index is 1.48. The van der Waals surface area contributed by atoms with Crippen LogP contribution in [0, 0.1) is 0 Å². The molecule has 0 aliphatic carbocycles. The summed E-state index contributed by atoms with van der Waals surface area (Å²) in [4.78, 5) is 16.5. The Bertz CT molecular complexity index is 862. The van der Waals surface area contributed by atoms with E-state index in [-0.39, 0.29) is 11.8 Å². The Morgan fingerprint density at radius 3 is 2.67 bits per heavy atom. The molecule has 0 radical (unpaired) electrons. The highest BCUT2D eigenvalue weighted by molar-refractivity contribution is 7.09. The summed E-state index contributed by atoms with van der Waals surface area (Å²) in [5, 5.41) is 2.36. The normalized spacial score (nSPS) is 15.8. The first-order valence-electron chi connectivity index (χ1n) is 7.41. The summed E-state index contributed by atoms with van der Waals surface area (Å²) in [6.45, 7) is 0.359. The number of ether oxygens (including phenoxy) is 3. The highest BCUT2D eigenvalue weighted by Crippen LogP contribution is 2.36. The lowest BCUT2D eigenvalue weighted by molar-refractivity contribution is 0.0725. The van der Waals surface area contributed by atoms with Gasteiger partial charge in [0.2, 0.25) is 0 Å². The van der Waals surface area contributed by atoms with E-state index in [4.69, 9.17) is 14.2 Å². The molecule has 0 saturated carbocycles. The van der Waals surface area contributed by atoms with Crippen molar-refractivity contribution in [1.29, 1.82) is 0 Å². The molecule has 2 aromatic carbocycles. The summed E-state index contributed by atoms with van der Waals surface area (Å²) in [5.74, 6) is 1.40. The molecule has 0 bridgehead atoms. The molecular formula is C18H13NO4S. The minimum absolute atomic E-state index is 0.265. The minimum atomic E-state index is -0.485. The lowest BCUT2D eigenvalue weighted by Crippen LogP contribution is -2.21. The largest absolute Gasteiger partial charge is 0.485 e. The van der Waals surface area contributed by atoms with Gasteiger partial charge < -0.3 is 14.2 Å². The van der Waals surface area contributed by atoms with Crippen LogP contribution in [0.25, 0.3) is 0 Å². The minimum Gasteiger partial charge on any atom is -0.485 e. The zero-order valence-corrected chi connectivity index (χ0v) is 13.4. The number of aromatic nitrogens is 1. The number of para-hydroxylation sites is 3. The highest BCUT2D eigenvalue weighted by atomic mass is 32.1. The molecule has 5 nitrogen and oxygen atoms in total. The van der Waals surface area contributed by atoms with Gasteiger partial charge in [0.25, 0.3) is 0 Å². The average molecular weight is 339 g/mol. The van der Waals surface area contributed by atoms with Gasteiger partial charge in [0.1, 0.15) is 17.4 Å². The van der Waals surface area contributed by atoms with Crippen LogP contribution >= 0.6 is 11.3 Å². The molecule has 1 aliphatic rings. The van der Waals surface area contributed by atoms with Crippen LogP contribution in [0.15, 0.2) is 60.0 Å². The highest BCUT2D eigenvalue weighted by Gasteiger charge is 2.26. The summed E-state index contributed by atoms with van der Waals surface area (Å²) in [5.41, 5.74) is 0.265. The van der Waals surface area contributed by atoms with Gasteiger partial charge in [-0.05, 0) is 24.3 Å². The zero-order valence-electron chi connectivity index (χ0n) is 12.5. The first kappa shape index (κ1) is 14.7. The SMILES string of the molecule is O=C(Oc1ccccc1)c1csc([C@@H]2COc3ccccc3O2)n1. The van der Waals surface area contributed by atoms with Crippen molar-refractivity contribution in [3.63, 3.8) is 0 Å². The molecule has 1 aromatic heterocycles. The van der Waals surface area contributed by atoms with Crippen molar-refractivity contribution in [3.8, 4) is 17.2 Å². The van der Waals surface area contributed by atoms with Crippen LogP contribution in [0.5, 0.6) is 17.2 Å². The Kier molecular flexibility index (Phi) is 3.88. The first-order valence-corrected chi connectivity index (χ1v) is 8.29. The monoisotopic (exact) mass is 339 g/mol. The fraction of sp³-hybridized carbons (Fsp3) is 0.111. The molecular weight excluding hydrogens is 326 g/mol. The lowest BCUT2D eigenvalue weighted by Gasteiger charge is -2.24. The fourth-order valence-corrected chi connectivity index (χ4v) is 3.12. The zero-order chi connectivity index (χ0) is 16.4. The Labute approximate surface area is 142 Å². The molecule has 0 spiro atoms. The second-order valence-electron chi connectivity index (χ2n) is 5.14. The maximum Gasteiger partial charge on any atom is 0.363 e. The third-order valence-electron chi connectivity index (χ3n) is 3.47. The van der Waals surface area contributed by atoms with Gasteiger partial charge in [-0.1, -0.05) is 30.3 Å². The Morgan fingerprint density at radius 1 is 1.08 bits per heavy atom. The number of nitrogens with zero attached hydrogens (tertiary/aromatic N) is 1. The van der Waals surface area contributed by atoms with Crippen molar-refractivity contribution in [1.82, 2.24) is 4.98 Å². The van der Waals surface area contributed by atoms with Crippen molar-refractivity contribution < 1.29 is 19.0 Å². The number of carbonyl (C=O) groups excluding carboxylic acids is 1. The summed E-state index contributed by atoms with van der Waals surface area (Å²) < 4.78 is 16.9. The van der Waals surface area contributed by atoms with E-state index in [0.717, 1.165) is 0 Å². The number of hydrogen-bond donors (Lipinski definition) is 0. The number of thiazole rings is 1. The quantitative estimate of drug-likeness (QED) is 0.535. The van der Waals surface area contributed by atoms with Gasteiger partial charge >= 0.3 is 5.97 Å². The van der Waals surface area contributed by atoms with Crippen LogP contribution in [0.3, 0.4) is 0 Å². The molecule has 4 rings (SSSR count). The predicted molar refractivity (Wildman–Crippen MR) is 88.8 cm³/mol. The summed E-state index contributed by atoms with van der Waals surface area (Å²) in [6.07, 6.45) is -0.330. The van der Waals surface area contributed by atoms with Gasteiger partial charge in [-0.3, -0.25) is 0 Å². The summed E-state index contributed by atoms with van der Waals surface area (Å²) in [7, 11) is 0. The number of rotatable bonds is 3. The molecule has 24 heavy (non-hydrogen) atoms. The maximum atomic E-state index is 12.2. The van der Waals surface area contributed by atoms with Crippen molar-refractivity contribution in [2.45, 2.75) is 6.10 Å². The maximum absolute atomic E-state index is 12.2. The van der Waals surface area contributed by atoms with Crippen molar-refractivity contribution in [3.05, 3.63) is 70.7 Å². The molecule has 6 heteroatoms. The topological polar surface area (TPSA) is 57.7 Å². The fourth-order valence-electron chi connectivity index (χ4n) is 2.32. The third-order valence-corrected chi connectivity index (χ3v) is 4.41. The Hall–Kier alpha value is -2.86. The van der Waals surface area contributed by atoms with E-state index >= 15 is 0 Å². The van der Waals surface area contributed by atoms with Gasteiger partial charge in [0, 0.05) is 5.38 Å². The molecule has 0 unspecified atom stereocenters. The standard InChI is InChI=1S/C18H13NO4S/c20-18(22-12-6-2-1-3-7-12)13-11-24-17(19-13)16-10-21-14-8-4-5-9-15(14)23-16/h1-9,11,16H,10H2/t16-/m0/s1. The van der Waals surface area contributed by atoms with E-state index in [1.807, 2.05) is 30.3 Å². The van der Waals surface area contributed by atoms with Gasteiger partial charge in [-0.25, -0.2) is 9.78 Å². The van der Waals surface area contributed by atoms with Crippen LogP contribution < -0.4 is 14.2 Å². The molecule has 0 fully saturated rings. The number of hydrogen-bond acceptors (Lipinski definition) is 6. The van der Waals surface area contributed by atoms with Gasteiger partial charge in [0.05, 0.1) is 0 Å². The van der Waals surface area contributed by atoms with E-state index in [9.17, 15) is 4.79 Å². The second kappa shape index (κ2) is 6.33. The smallest absolute Gasteiger partial charge is 0.363 e. The molecule has 0 amide bonds. The summed E-state index contributed by atoms with van der Waals surface area (Å²) in [6, 6.07) is 16.4. The van der Waals surface area contributed by atoms with E-state index < -0.39 is 5.97 Å². The molecule has 1 atom stereocenters. The van der Waals surface area contributed by atoms with Crippen LogP contribution in [-0.2, 0) is 0 Å². The van der Waals surface area contributed by atoms with E-state index in [0.29, 0.717) is 28.9 Å². The lowest BCUT2D eigenvalue weighted by atomic mass is 10.2. The number of esters is 1. The van der Waals surface area contributed by atoms with E-state index in [1.54, 1.807) is 29.6 Å². The molecule has 0 N–H and O–H groups in total. The molecule has 2 heterocycles. The van der Waals surface area contributed by atoms with Gasteiger partial charge in [0.15, 0.2) is 23.3 Å². The summed E-state index contributed by atoms with van der Waals surface area (Å²) >= 11 is 1.35. The van der Waals surface area contributed by atoms with Crippen LogP contribution in [0.2, 0.25) is 0 Å². The Morgan fingerprint density at radius 2 is 1.83 bits per heavy atom. The third kappa shape index (κ3) is 2.96. The van der Waals surface area contributed by atoms with Gasteiger partial charge in [-0.15, -0.1) is 11.3 Å². The van der Waals surface area contributed by atoms with Crippen LogP contribution in [0.4, 0.5) is 0 Å². The second-order valence-corrected chi connectivity index (χ2v) is 6.03. The average Bonchev–Trinajstić information content (AvgIpc) is 3.12. The van der Waals surface area contributed by atoms with Crippen molar-refractivity contribution >= 4 is 17.3 Å². The van der Waals surface area contributed by atoms with Crippen molar-refractivity contribution in [2.24, 2.45) is 0 Å². The number of fused-ring (bicyclic) bond motifs is 1. The predicted octanol–water partition coefficient (Wildman–Crippen LogP) is 3.87. The van der Waals surface area contributed by atoms with Gasteiger partial charge in [-0.2, -0.15) is 0 Å². The van der Waals surface area contributed by atoms with E-state index in [1.165, 1.54) is 11.3 Å². The molecule has 3 aromatic rings. The number of carbonyl (C=O) groups is 1. The van der Waals surface area contributed by atoms with E-state index in [2.05, 4.69) is 4.98 Å². The van der Waals surface area contributed by atoms with Crippen LogP contribution in [-0.4, -0.2) is 17.6 Å². The molecule has 120 valence electrons. The van der Waals surface area contributed by atoms with Crippen LogP contribution in [0.1, 0.15) is 21.6 Å².